The van der Waals surface area contributed by atoms with E-state index in [9.17, 15) is 18.5 Å². The highest BCUT2D eigenvalue weighted by molar-refractivity contribution is 7.89. The molecule has 0 amide bonds. The summed E-state index contributed by atoms with van der Waals surface area (Å²) in [6, 6.07) is 3.57. The maximum absolute atomic E-state index is 12.3. The van der Waals surface area contributed by atoms with Gasteiger partial charge in [0.25, 0.3) is 5.69 Å². The Hall–Kier alpha value is -1.67. The monoisotopic (exact) mass is 301 g/mol. The summed E-state index contributed by atoms with van der Waals surface area (Å²) in [6.07, 6.45) is 0. The van der Waals surface area contributed by atoms with Crippen molar-refractivity contribution in [2.24, 2.45) is 0 Å². The van der Waals surface area contributed by atoms with Crippen LogP contribution in [0.15, 0.2) is 23.1 Å². The number of nitrogens with one attached hydrogen (secondary N) is 1. The van der Waals surface area contributed by atoms with Gasteiger partial charge in [-0.05, 0) is 32.9 Å². The smallest absolute Gasteiger partial charge is 0.292 e. The van der Waals surface area contributed by atoms with Crippen molar-refractivity contribution in [3.8, 4) is 0 Å². The van der Waals surface area contributed by atoms with Crippen LogP contribution in [0, 0.1) is 10.1 Å². The minimum absolute atomic E-state index is 0.0373. The molecule has 0 unspecified atom stereocenters. The molecule has 1 aromatic carbocycles. The van der Waals surface area contributed by atoms with Crippen molar-refractivity contribution in [3.05, 3.63) is 28.3 Å². The minimum atomic E-state index is -3.65. The van der Waals surface area contributed by atoms with E-state index in [1.807, 2.05) is 0 Å². The van der Waals surface area contributed by atoms with Gasteiger partial charge in [0.2, 0.25) is 10.0 Å². The maximum atomic E-state index is 12.3. The summed E-state index contributed by atoms with van der Waals surface area (Å²) in [5.74, 6) is 0. The lowest BCUT2D eigenvalue weighted by Crippen LogP contribution is -2.33. The third-order valence-electron chi connectivity index (χ3n) is 2.94. The molecule has 0 radical (unpaired) electrons. The lowest BCUT2D eigenvalue weighted by atomic mass is 10.2. The van der Waals surface area contributed by atoms with Gasteiger partial charge in [-0.2, -0.15) is 4.31 Å². The molecule has 0 saturated carbocycles. The second-order valence-electron chi connectivity index (χ2n) is 4.58. The molecule has 1 rings (SSSR count). The molecular weight excluding hydrogens is 282 g/mol. The van der Waals surface area contributed by atoms with E-state index in [0.717, 1.165) is 0 Å². The molecule has 0 fully saturated rings. The second kappa shape index (κ2) is 6.19. The van der Waals surface area contributed by atoms with E-state index in [1.54, 1.807) is 20.8 Å². The van der Waals surface area contributed by atoms with Crippen molar-refractivity contribution in [2.75, 3.05) is 18.9 Å². The van der Waals surface area contributed by atoms with Crippen molar-refractivity contribution in [1.82, 2.24) is 4.31 Å². The quantitative estimate of drug-likeness (QED) is 0.641. The summed E-state index contributed by atoms with van der Waals surface area (Å²) in [5.41, 5.74) is 0.0636. The van der Waals surface area contributed by atoms with E-state index in [0.29, 0.717) is 6.54 Å². The third kappa shape index (κ3) is 3.26. The van der Waals surface area contributed by atoms with Crippen molar-refractivity contribution in [2.45, 2.75) is 31.7 Å². The molecule has 0 saturated heterocycles. The molecule has 0 aliphatic heterocycles. The molecule has 7 nitrogen and oxygen atoms in total. The molecule has 0 aliphatic carbocycles. The summed E-state index contributed by atoms with van der Waals surface area (Å²) in [6.45, 7) is 5.76. The highest BCUT2D eigenvalue weighted by atomic mass is 32.2. The Kier molecular flexibility index (Phi) is 5.07. The normalized spacial score (nSPS) is 11.9. The Labute approximate surface area is 118 Å². The molecule has 0 bridgehead atoms. The zero-order valence-corrected chi connectivity index (χ0v) is 12.8. The summed E-state index contributed by atoms with van der Waals surface area (Å²) < 4.78 is 25.9. The number of hydrogen-bond acceptors (Lipinski definition) is 5. The van der Waals surface area contributed by atoms with Gasteiger partial charge in [0.05, 0.1) is 9.82 Å². The van der Waals surface area contributed by atoms with Crippen molar-refractivity contribution in [1.29, 1.82) is 0 Å². The van der Waals surface area contributed by atoms with E-state index in [4.69, 9.17) is 0 Å². The number of nitro benzene ring substituents is 1. The fraction of sp³-hybridized carbons (Fsp3) is 0.500. The fourth-order valence-electron chi connectivity index (χ4n) is 1.61. The number of nitro groups is 1. The van der Waals surface area contributed by atoms with Gasteiger partial charge in [0.1, 0.15) is 5.69 Å². The van der Waals surface area contributed by atoms with Crippen LogP contribution in [0.25, 0.3) is 0 Å². The fourth-order valence-corrected chi connectivity index (χ4v) is 3.01. The highest BCUT2D eigenvalue weighted by Crippen LogP contribution is 2.28. The van der Waals surface area contributed by atoms with Gasteiger partial charge < -0.3 is 5.32 Å². The largest absolute Gasteiger partial charge is 0.380 e. The summed E-state index contributed by atoms with van der Waals surface area (Å²) in [7, 11) is -2.17. The summed E-state index contributed by atoms with van der Waals surface area (Å²) in [4.78, 5) is 10.4. The Morgan fingerprint density at radius 2 is 2.00 bits per heavy atom. The lowest BCUT2D eigenvalue weighted by molar-refractivity contribution is -0.384. The molecule has 8 heteroatoms. The van der Waals surface area contributed by atoms with Crippen LogP contribution >= 0.6 is 0 Å². The van der Waals surface area contributed by atoms with Gasteiger partial charge in [0.15, 0.2) is 0 Å². The first-order valence-corrected chi connectivity index (χ1v) is 7.66. The van der Waals surface area contributed by atoms with Crippen molar-refractivity contribution < 1.29 is 13.3 Å². The van der Waals surface area contributed by atoms with Gasteiger partial charge in [-0.1, -0.05) is 0 Å². The number of rotatable bonds is 6. The first-order valence-electron chi connectivity index (χ1n) is 6.22. The number of benzene rings is 1. The molecule has 0 atom stereocenters. The lowest BCUT2D eigenvalue weighted by Gasteiger charge is -2.21. The maximum Gasteiger partial charge on any atom is 0.292 e. The van der Waals surface area contributed by atoms with Crippen LogP contribution < -0.4 is 5.32 Å². The SMILES string of the molecule is CCNc1cc(S(=O)(=O)N(C)C(C)C)ccc1[N+](=O)[O-]. The highest BCUT2D eigenvalue weighted by Gasteiger charge is 2.25. The van der Waals surface area contributed by atoms with E-state index in [1.165, 1.54) is 29.6 Å². The average molecular weight is 301 g/mol. The summed E-state index contributed by atoms with van der Waals surface area (Å²) >= 11 is 0. The van der Waals surface area contributed by atoms with Crippen LogP contribution in [-0.4, -0.2) is 37.3 Å². The van der Waals surface area contributed by atoms with Gasteiger partial charge in [-0.3, -0.25) is 10.1 Å². The number of nitrogens with zero attached hydrogens (tertiary/aromatic N) is 2. The second-order valence-corrected chi connectivity index (χ2v) is 6.58. The Bertz CT molecular complexity index is 599. The van der Waals surface area contributed by atoms with Crippen LogP contribution in [0.5, 0.6) is 0 Å². The number of hydrogen-bond donors (Lipinski definition) is 1. The molecule has 1 aromatic rings. The molecule has 0 aliphatic rings. The molecule has 0 spiro atoms. The topological polar surface area (TPSA) is 92.6 Å². The van der Waals surface area contributed by atoms with Crippen LogP contribution in [0.3, 0.4) is 0 Å². The molecule has 0 heterocycles. The minimum Gasteiger partial charge on any atom is -0.380 e. The van der Waals surface area contributed by atoms with Crippen LogP contribution in [0.2, 0.25) is 0 Å². The first-order chi connectivity index (χ1) is 9.21. The van der Waals surface area contributed by atoms with Gasteiger partial charge in [-0.25, -0.2) is 8.42 Å². The first kappa shape index (κ1) is 16.4. The van der Waals surface area contributed by atoms with E-state index >= 15 is 0 Å². The van der Waals surface area contributed by atoms with E-state index < -0.39 is 14.9 Å². The van der Waals surface area contributed by atoms with Crippen LogP contribution in [0.4, 0.5) is 11.4 Å². The predicted molar refractivity (Wildman–Crippen MR) is 77.3 cm³/mol. The van der Waals surface area contributed by atoms with Gasteiger partial charge >= 0.3 is 0 Å². The standard InChI is InChI=1S/C12H19N3O4S/c1-5-13-11-8-10(6-7-12(11)15(16)17)20(18,19)14(4)9(2)3/h6-9,13H,5H2,1-4H3. The zero-order valence-electron chi connectivity index (χ0n) is 12.0. The molecule has 20 heavy (non-hydrogen) atoms. The summed E-state index contributed by atoms with van der Waals surface area (Å²) in [5, 5.41) is 13.7. The van der Waals surface area contributed by atoms with Crippen molar-refractivity contribution >= 4 is 21.4 Å². The number of sulfonamides is 1. The molecule has 1 N–H and O–H groups in total. The third-order valence-corrected chi connectivity index (χ3v) is 4.97. The molecular formula is C12H19N3O4S. The Morgan fingerprint density at radius 3 is 2.45 bits per heavy atom. The average Bonchev–Trinajstić information content (AvgIpc) is 2.37. The van der Waals surface area contributed by atoms with Crippen molar-refractivity contribution in [3.63, 3.8) is 0 Å². The zero-order chi connectivity index (χ0) is 15.5. The number of anilines is 1. The Balaban J connectivity index is 3.34. The van der Waals surface area contributed by atoms with E-state index in [-0.39, 0.29) is 22.3 Å². The molecule has 112 valence electrons. The van der Waals surface area contributed by atoms with E-state index in [2.05, 4.69) is 5.32 Å². The van der Waals surface area contributed by atoms with Gasteiger partial charge in [0, 0.05) is 25.7 Å². The van der Waals surface area contributed by atoms with Gasteiger partial charge in [-0.15, -0.1) is 0 Å². The Morgan fingerprint density at radius 1 is 1.40 bits per heavy atom. The van der Waals surface area contributed by atoms with Crippen LogP contribution in [-0.2, 0) is 10.0 Å². The predicted octanol–water partition coefficient (Wildman–Crippen LogP) is 2.06. The van der Waals surface area contributed by atoms with Crippen LogP contribution in [0.1, 0.15) is 20.8 Å². The molecule has 0 aromatic heterocycles.